The molecule has 1 aliphatic heterocycles. The molecule has 4 rings (SSSR count). The van der Waals surface area contributed by atoms with Crippen LogP contribution < -0.4 is 9.47 Å². The van der Waals surface area contributed by atoms with Gasteiger partial charge in [-0.25, -0.2) is 8.42 Å². The summed E-state index contributed by atoms with van der Waals surface area (Å²) in [5, 5.41) is 2.06. The molecule has 0 fully saturated rings. The molecule has 1 unspecified atom stereocenters. The number of benzene rings is 2. The first-order valence-electron chi connectivity index (χ1n) is 9.83. The van der Waals surface area contributed by atoms with Crippen molar-refractivity contribution in [1.29, 1.82) is 0 Å². The van der Waals surface area contributed by atoms with Gasteiger partial charge >= 0.3 is 0 Å². The van der Waals surface area contributed by atoms with Crippen LogP contribution in [-0.4, -0.2) is 46.4 Å². The van der Waals surface area contributed by atoms with E-state index in [1.807, 2.05) is 24.3 Å². The van der Waals surface area contributed by atoms with Gasteiger partial charge in [0.05, 0.1) is 30.9 Å². The number of rotatable bonds is 7. The molecule has 7 heteroatoms. The summed E-state index contributed by atoms with van der Waals surface area (Å²) in [6.45, 7) is 1.25. The molecule has 3 aromatic rings. The van der Waals surface area contributed by atoms with Gasteiger partial charge in [-0.1, -0.05) is 24.3 Å². The van der Waals surface area contributed by atoms with E-state index in [-0.39, 0.29) is 11.8 Å². The van der Waals surface area contributed by atoms with Gasteiger partial charge in [0.15, 0.2) is 21.3 Å². The highest BCUT2D eigenvalue weighted by molar-refractivity contribution is 7.91. The molecule has 1 atom stereocenters. The summed E-state index contributed by atoms with van der Waals surface area (Å²) >= 11 is 1.69. The van der Waals surface area contributed by atoms with Crippen LogP contribution in [0.5, 0.6) is 11.5 Å². The molecule has 158 valence electrons. The molecule has 0 amide bonds. The summed E-state index contributed by atoms with van der Waals surface area (Å²) in [5.41, 5.74) is 2.37. The van der Waals surface area contributed by atoms with E-state index >= 15 is 0 Å². The second kappa shape index (κ2) is 8.79. The number of hydrogen-bond acceptors (Lipinski definition) is 6. The molecule has 0 aliphatic carbocycles. The third-order valence-corrected chi connectivity index (χ3v) is 8.17. The van der Waals surface area contributed by atoms with Gasteiger partial charge < -0.3 is 9.47 Å². The van der Waals surface area contributed by atoms with Crippen molar-refractivity contribution in [3.8, 4) is 11.5 Å². The van der Waals surface area contributed by atoms with E-state index in [1.165, 1.54) is 10.4 Å². The topological polar surface area (TPSA) is 55.8 Å². The number of thiophene rings is 1. The van der Waals surface area contributed by atoms with Crippen molar-refractivity contribution in [1.82, 2.24) is 4.90 Å². The lowest BCUT2D eigenvalue weighted by Crippen LogP contribution is -2.38. The monoisotopic (exact) mass is 443 g/mol. The molecular formula is C23H25NO4S2. The Hall–Kier alpha value is -2.35. The Balaban J connectivity index is 1.66. The molecule has 5 nitrogen and oxygen atoms in total. The van der Waals surface area contributed by atoms with Crippen LogP contribution in [0.1, 0.15) is 22.0 Å². The highest BCUT2D eigenvalue weighted by Gasteiger charge is 2.32. The molecule has 0 spiro atoms. The summed E-state index contributed by atoms with van der Waals surface area (Å²) in [7, 11) is -0.0560. The third-order valence-electron chi connectivity index (χ3n) is 5.54. The average molecular weight is 444 g/mol. The maximum atomic E-state index is 12.8. The van der Waals surface area contributed by atoms with Crippen molar-refractivity contribution in [2.24, 2.45) is 0 Å². The van der Waals surface area contributed by atoms with Crippen LogP contribution in [0.25, 0.3) is 0 Å². The van der Waals surface area contributed by atoms with Crippen molar-refractivity contribution in [3.63, 3.8) is 0 Å². The second-order valence-electron chi connectivity index (χ2n) is 7.24. The summed E-state index contributed by atoms with van der Waals surface area (Å²) in [6.07, 6.45) is 0.836. The Kier molecular flexibility index (Phi) is 6.13. The first-order valence-corrected chi connectivity index (χ1v) is 12.4. The molecular weight excluding hydrogens is 418 g/mol. The molecule has 0 radical (unpaired) electrons. The Morgan fingerprint density at radius 2 is 1.77 bits per heavy atom. The molecule has 1 aromatic heterocycles. The van der Waals surface area contributed by atoms with Crippen LogP contribution in [0, 0.1) is 0 Å². The lowest BCUT2D eigenvalue weighted by Gasteiger charge is -2.37. The van der Waals surface area contributed by atoms with E-state index in [1.54, 1.807) is 49.8 Å². The Labute approximate surface area is 181 Å². The third kappa shape index (κ3) is 4.10. The molecule has 2 heterocycles. The second-order valence-corrected chi connectivity index (χ2v) is 10.3. The normalized spacial score (nSPS) is 16.8. The molecule has 0 N–H and O–H groups in total. The first-order chi connectivity index (χ1) is 14.5. The van der Waals surface area contributed by atoms with Crippen molar-refractivity contribution < 1.29 is 17.9 Å². The summed E-state index contributed by atoms with van der Waals surface area (Å²) in [6, 6.07) is 16.9. The fraction of sp³-hybridized carbons (Fsp3) is 0.304. The van der Waals surface area contributed by atoms with Gasteiger partial charge in [-0.3, -0.25) is 4.90 Å². The summed E-state index contributed by atoms with van der Waals surface area (Å²) in [4.78, 5) is 3.84. The minimum atomic E-state index is -3.34. The van der Waals surface area contributed by atoms with E-state index in [4.69, 9.17) is 9.47 Å². The van der Waals surface area contributed by atoms with Gasteiger partial charge in [-0.15, -0.1) is 11.3 Å². The van der Waals surface area contributed by atoms with Crippen LogP contribution in [-0.2, 0) is 16.3 Å². The van der Waals surface area contributed by atoms with Gasteiger partial charge in [-0.2, -0.15) is 0 Å². The number of nitrogens with zero attached hydrogens (tertiary/aromatic N) is 1. The van der Waals surface area contributed by atoms with E-state index in [2.05, 4.69) is 16.3 Å². The smallest absolute Gasteiger partial charge is 0.179 e. The quantitative estimate of drug-likeness (QED) is 0.548. The van der Waals surface area contributed by atoms with Crippen molar-refractivity contribution >= 4 is 21.2 Å². The SMILES string of the molecule is COc1cc2c(cc1OC)C(c1cccs1)N(CCS(=O)(=O)c1ccccc1)CC2. The van der Waals surface area contributed by atoms with E-state index in [0.29, 0.717) is 17.2 Å². The van der Waals surface area contributed by atoms with Crippen molar-refractivity contribution in [2.75, 3.05) is 33.1 Å². The summed E-state index contributed by atoms with van der Waals surface area (Å²) in [5.74, 6) is 1.50. The van der Waals surface area contributed by atoms with Crippen LogP contribution >= 0.6 is 11.3 Å². The Bertz CT molecular complexity index is 1100. The molecule has 0 saturated heterocycles. The van der Waals surface area contributed by atoms with Gasteiger partial charge in [0.25, 0.3) is 0 Å². The fourth-order valence-electron chi connectivity index (χ4n) is 4.00. The van der Waals surface area contributed by atoms with Crippen molar-refractivity contribution in [3.05, 3.63) is 76.0 Å². The zero-order valence-electron chi connectivity index (χ0n) is 17.1. The molecule has 0 saturated carbocycles. The van der Waals surface area contributed by atoms with Crippen LogP contribution in [0.15, 0.2) is 64.9 Å². The van der Waals surface area contributed by atoms with Crippen LogP contribution in [0.4, 0.5) is 0 Å². The zero-order chi connectivity index (χ0) is 21.1. The largest absolute Gasteiger partial charge is 0.493 e. The fourth-order valence-corrected chi connectivity index (χ4v) is 6.16. The number of ether oxygens (including phenoxy) is 2. The number of fused-ring (bicyclic) bond motifs is 1. The number of sulfone groups is 1. The lowest BCUT2D eigenvalue weighted by molar-refractivity contribution is 0.227. The lowest BCUT2D eigenvalue weighted by atomic mass is 9.91. The first kappa shape index (κ1) is 20.9. The predicted molar refractivity (Wildman–Crippen MR) is 119 cm³/mol. The summed E-state index contributed by atoms with van der Waals surface area (Å²) < 4.78 is 36.7. The number of hydrogen-bond donors (Lipinski definition) is 0. The van der Waals surface area contributed by atoms with E-state index in [9.17, 15) is 8.42 Å². The molecule has 30 heavy (non-hydrogen) atoms. The molecule has 2 aromatic carbocycles. The maximum absolute atomic E-state index is 12.8. The molecule has 1 aliphatic rings. The van der Waals surface area contributed by atoms with Crippen LogP contribution in [0.2, 0.25) is 0 Å². The highest BCUT2D eigenvalue weighted by atomic mass is 32.2. The van der Waals surface area contributed by atoms with Gasteiger partial charge in [0.1, 0.15) is 0 Å². The van der Waals surface area contributed by atoms with E-state index < -0.39 is 9.84 Å². The van der Waals surface area contributed by atoms with Gasteiger partial charge in [0, 0.05) is 18.0 Å². The van der Waals surface area contributed by atoms with Crippen LogP contribution in [0.3, 0.4) is 0 Å². The maximum Gasteiger partial charge on any atom is 0.179 e. The zero-order valence-corrected chi connectivity index (χ0v) is 18.7. The van der Waals surface area contributed by atoms with E-state index in [0.717, 1.165) is 24.3 Å². The minimum absolute atomic E-state index is 0.000436. The van der Waals surface area contributed by atoms with Gasteiger partial charge in [-0.05, 0) is 53.3 Å². The predicted octanol–water partition coefficient (Wildman–Crippen LogP) is 4.19. The standard InChI is InChI=1S/C23H25NO4S2/c1-27-20-15-17-10-11-24(12-14-30(25,26)18-7-4-3-5-8-18)23(22-9-6-13-29-22)19(17)16-21(20)28-2/h3-9,13,15-16,23H,10-12,14H2,1-2H3. The highest BCUT2D eigenvalue weighted by Crippen LogP contribution is 2.42. The number of methoxy groups -OCH3 is 2. The average Bonchev–Trinajstić information content (AvgIpc) is 3.31. The van der Waals surface area contributed by atoms with Gasteiger partial charge in [0.2, 0.25) is 0 Å². The Morgan fingerprint density at radius 1 is 1.03 bits per heavy atom. The minimum Gasteiger partial charge on any atom is -0.493 e. The van der Waals surface area contributed by atoms with Crippen molar-refractivity contribution in [2.45, 2.75) is 17.4 Å². The molecule has 0 bridgehead atoms. The Morgan fingerprint density at radius 3 is 2.43 bits per heavy atom.